The lowest BCUT2D eigenvalue weighted by Crippen LogP contribution is -2.14. The van der Waals surface area contributed by atoms with Crippen LogP contribution >= 0.6 is 0 Å². The van der Waals surface area contributed by atoms with Gasteiger partial charge in [-0.3, -0.25) is 4.79 Å². The maximum atomic E-state index is 10.5. The first-order valence-electron chi connectivity index (χ1n) is 11.7. The Bertz CT molecular complexity index is 503. The molecular weight excluding hydrogens is 364 g/mol. The number of aliphatic carboxylic acids is 1. The van der Waals surface area contributed by atoms with Crippen LogP contribution in [0.1, 0.15) is 102 Å². The van der Waals surface area contributed by atoms with Crippen molar-refractivity contribution in [3.8, 4) is 0 Å². The monoisotopic (exact) mass is 406 g/mol. The molecule has 0 radical (unpaired) electrons. The third-order valence-corrected chi connectivity index (χ3v) is 5.45. The summed E-state index contributed by atoms with van der Waals surface area (Å²) in [6.45, 7) is 2.92. The lowest BCUT2D eigenvalue weighted by atomic mass is 10.0. The molecule has 166 valence electrons. The summed E-state index contributed by atoms with van der Waals surface area (Å²) in [5.41, 5.74) is 1.22. The molecule has 1 aromatic carbocycles. The molecule has 0 aromatic heterocycles. The molecule has 0 saturated carbocycles. The molecule has 2 N–H and O–H groups in total. The van der Waals surface area contributed by atoms with Gasteiger partial charge in [-0.2, -0.15) is 0 Å². The van der Waals surface area contributed by atoms with Gasteiger partial charge in [-0.05, 0) is 37.7 Å². The highest BCUT2D eigenvalue weighted by atomic mass is 16.5. The third kappa shape index (κ3) is 15.2. The first-order chi connectivity index (χ1) is 14.1. The normalized spacial score (nSPS) is 13.3. The number of aliphatic hydroxyl groups excluding tert-OH is 1. The average Bonchev–Trinajstić information content (AvgIpc) is 2.72. The molecule has 0 aliphatic carbocycles. The van der Waals surface area contributed by atoms with E-state index < -0.39 is 5.97 Å². The van der Waals surface area contributed by atoms with Crippen molar-refractivity contribution in [1.29, 1.82) is 0 Å². The van der Waals surface area contributed by atoms with Crippen LogP contribution in [0, 0.1) is 0 Å². The zero-order valence-corrected chi connectivity index (χ0v) is 18.4. The van der Waals surface area contributed by atoms with Crippen molar-refractivity contribution in [3.05, 3.63) is 35.9 Å². The predicted octanol–water partition coefficient (Wildman–Crippen LogP) is 6.50. The molecule has 29 heavy (non-hydrogen) atoms. The zero-order chi connectivity index (χ0) is 21.2. The molecule has 2 unspecified atom stereocenters. The van der Waals surface area contributed by atoms with Crippen LogP contribution < -0.4 is 0 Å². The van der Waals surface area contributed by atoms with Gasteiger partial charge in [0.15, 0.2) is 0 Å². The number of carbonyl (C=O) groups is 1. The standard InChI is InChI=1S/C25H42O4/c1-2-3-4-5-9-18-24(29-21-22-14-7-6-8-15-22)19-12-10-16-23(26)17-11-13-20-25(27)28/h6-8,14-15,23-24,26H,2-5,9-13,16-21H2,1H3,(H,27,28). The quantitative estimate of drug-likeness (QED) is 0.257. The second kappa shape index (κ2) is 17.5. The fourth-order valence-corrected chi connectivity index (χ4v) is 3.63. The van der Waals surface area contributed by atoms with Crippen LogP contribution in [0.3, 0.4) is 0 Å². The smallest absolute Gasteiger partial charge is 0.303 e. The minimum atomic E-state index is -0.754. The summed E-state index contributed by atoms with van der Waals surface area (Å²) in [6.07, 6.45) is 13.8. The van der Waals surface area contributed by atoms with Crippen molar-refractivity contribution in [2.45, 2.75) is 116 Å². The number of hydrogen-bond acceptors (Lipinski definition) is 3. The SMILES string of the molecule is CCCCCCCC(CCCCC(O)CCCCC(=O)O)OCc1ccccc1. The summed E-state index contributed by atoms with van der Waals surface area (Å²) in [6, 6.07) is 10.4. The highest BCUT2D eigenvalue weighted by Crippen LogP contribution is 2.18. The summed E-state index contributed by atoms with van der Waals surface area (Å²) < 4.78 is 6.23. The van der Waals surface area contributed by atoms with Gasteiger partial charge in [0.05, 0.1) is 18.8 Å². The number of rotatable bonds is 19. The van der Waals surface area contributed by atoms with E-state index in [2.05, 4.69) is 31.2 Å². The van der Waals surface area contributed by atoms with Crippen molar-refractivity contribution in [2.75, 3.05) is 0 Å². The van der Waals surface area contributed by atoms with Crippen molar-refractivity contribution < 1.29 is 19.7 Å². The lowest BCUT2D eigenvalue weighted by Gasteiger charge is -2.19. The second-order valence-corrected chi connectivity index (χ2v) is 8.20. The number of carboxylic acid groups (broad SMARTS) is 1. The van der Waals surface area contributed by atoms with Crippen LogP contribution in [0.4, 0.5) is 0 Å². The number of aliphatic hydroxyl groups is 1. The van der Waals surface area contributed by atoms with Gasteiger partial charge in [0.25, 0.3) is 0 Å². The van der Waals surface area contributed by atoms with Crippen LogP contribution in [0.25, 0.3) is 0 Å². The van der Waals surface area contributed by atoms with Crippen LogP contribution in [0.2, 0.25) is 0 Å². The molecular formula is C25H42O4. The summed E-state index contributed by atoms with van der Waals surface area (Å²) in [5, 5.41) is 18.7. The number of unbranched alkanes of at least 4 members (excludes halogenated alkanes) is 6. The largest absolute Gasteiger partial charge is 0.481 e. The molecule has 0 aliphatic rings. The maximum Gasteiger partial charge on any atom is 0.303 e. The van der Waals surface area contributed by atoms with Gasteiger partial charge in [-0.15, -0.1) is 0 Å². The van der Waals surface area contributed by atoms with Crippen LogP contribution in [-0.2, 0) is 16.1 Å². The summed E-state index contributed by atoms with van der Waals surface area (Å²) in [5.74, 6) is -0.754. The number of carboxylic acids is 1. The topological polar surface area (TPSA) is 66.8 Å². The summed E-state index contributed by atoms with van der Waals surface area (Å²) in [7, 11) is 0. The first kappa shape index (κ1) is 25.6. The van der Waals surface area contributed by atoms with E-state index >= 15 is 0 Å². The fraction of sp³-hybridized carbons (Fsp3) is 0.720. The number of ether oxygens (including phenoxy) is 1. The molecule has 1 aromatic rings. The Kier molecular flexibility index (Phi) is 15.4. The zero-order valence-electron chi connectivity index (χ0n) is 18.4. The van der Waals surface area contributed by atoms with Crippen molar-refractivity contribution in [1.82, 2.24) is 0 Å². The third-order valence-electron chi connectivity index (χ3n) is 5.45. The second-order valence-electron chi connectivity index (χ2n) is 8.20. The van der Waals surface area contributed by atoms with E-state index in [1.807, 2.05) is 6.07 Å². The van der Waals surface area contributed by atoms with Gasteiger partial charge in [0.1, 0.15) is 0 Å². The van der Waals surface area contributed by atoms with Crippen LogP contribution in [0.15, 0.2) is 30.3 Å². The molecule has 0 saturated heterocycles. The first-order valence-corrected chi connectivity index (χ1v) is 11.7. The van der Waals surface area contributed by atoms with Crippen molar-refractivity contribution >= 4 is 5.97 Å². The van der Waals surface area contributed by atoms with Crippen molar-refractivity contribution in [3.63, 3.8) is 0 Å². The van der Waals surface area contributed by atoms with E-state index in [-0.39, 0.29) is 12.5 Å². The van der Waals surface area contributed by atoms with Gasteiger partial charge < -0.3 is 14.9 Å². The molecule has 0 heterocycles. The van der Waals surface area contributed by atoms with Gasteiger partial charge in [0.2, 0.25) is 0 Å². The Labute approximate surface area is 177 Å². The Balaban J connectivity index is 2.23. The predicted molar refractivity (Wildman–Crippen MR) is 119 cm³/mol. The van der Waals surface area contributed by atoms with E-state index in [1.165, 1.54) is 37.7 Å². The van der Waals surface area contributed by atoms with E-state index in [4.69, 9.17) is 9.84 Å². The van der Waals surface area contributed by atoms with E-state index in [0.717, 1.165) is 38.5 Å². The molecule has 1 rings (SSSR count). The van der Waals surface area contributed by atoms with Gasteiger partial charge in [-0.25, -0.2) is 0 Å². The summed E-state index contributed by atoms with van der Waals surface area (Å²) in [4.78, 5) is 10.5. The van der Waals surface area contributed by atoms with Gasteiger partial charge in [0, 0.05) is 6.42 Å². The Morgan fingerprint density at radius 1 is 0.862 bits per heavy atom. The van der Waals surface area contributed by atoms with Gasteiger partial charge in [-0.1, -0.05) is 88.6 Å². The molecule has 0 fully saturated rings. The molecule has 4 nitrogen and oxygen atoms in total. The highest BCUT2D eigenvalue weighted by Gasteiger charge is 2.11. The van der Waals surface area contributed by atoms with E-state index in [0.29, 0.717) is 25.6 Å². The summed E-state index contributed by atoms with van der Waals surface area (Å²) >= 11 is 0. The average molecular weight is 407 g/mol. The molecule has 0 bridgehead atoms. The van der Waals surface area contributed by atoms with E-state index in [1.54, 1.807) is 0 Å². The van der Waals surface area contributed by atoms with Crippen LogP contribution in [0.5, 0.6) is 0 Å². The fourth-order valence-electron chi connectivity index (χ4n) is 3.63. The Morgan fingerprint density at radius 3 is 2.10 bits per heavy atom. The minimum Gasteiger partial charge on any atom is -0.481 e. The number of benzene rings is 1. The number of hydrogen-bond donors (Lipinski definition) is 2. The lowest BCUT2D eigenvalue weighted by molar-refractivity contribution is -0.137. The Morgan fingerprint density at radius 2 is 1.45 bits per heavy atom. The molecule has 0 aliphatic heterocycles. The van der Waals surface area contributed by atoms with Gasteiger partial charge >= 0.3 is 5.97 Å². The minimum absolute atomic E-state index is 0.200. The molecule has 0 spiro atoms. The van der Waals surface area contributed by atoms with Crippen LogP contribution in [-0.4, -0.2) is 28.4 Å². The molecule has 0 amide bonds. The molecule has 4 heteroatoms. The molecule has 2 atom stereocenters. The van der Waals surface area contributed by atoms with E-state index in [9.17, 15) is 9.90 Å². The Hall–Kier alpha value is -1.39. The maximum absolute atomic E-state index is 10.5. The van der Waals surface area contributed by atoms with Crippen molar-refractivity contribution in [2.24, 2.45) is 0 Å². The highest BCUT2D eigenvalue weighted by molar-refractivity contribution is 5.66.